The number of nitrogens with one attached hydrogen (secondary N) is 1. The van der Waals surface area contributed by atoms with Crippen molar-refractivity contribution < 1.29 is 19.8 Å². The van der Waals surface area contributed by atoms with Gasteiger partial charge in [0.1, 0.15) is 0 Å². The first kappa shape index (κ1) is 13.4. The number of carbonyl (C=O) groups is 2. The number of benzene rings is 1. The number of hydrogen-bond acceptors (Lipinski definition) is 3. The van der Waals surface area contributed by atoms with Gasteiger partial charge in [-0.05, 0) is 17.5 Å². The maximum atomic E-state index is 11.8. The van der Waals surface area contributed by atoms with Gasteiger partial charge >= 0.3 is 12.0 Å². The number of carbonyl (C=O) groups excluding carboxylic acids is 1. The van der Waals surface area contributed by atoms with E-state index in [0.29, 0.717) is 13.1 Å². The fourth-order valence-corrected chi connectivity index (χ4v) is 2.05. The number of hydrogen-bond donors (Lipinski definition) is 3. The summed E-state index contributed by atoms with van der Waals surface area (Å²) in [7, 11) is 0. The van der Waals surface area contributed by atoms with Crippen LogP contribution in [0.5, 0.6) is 0 Å². The molecule has 102 valence electrons. The van der Waals surface area contributed by atoms with Crippen LogP contribution >= 0.6 is 0 Å². The lowest BCUT2D eigenvalue weighted by Crippen LogP contribution is -2.46. The van der Waals surface area contributed by atoms with E-state index in [9.17, 15) is 9.59 Å². The molecule has 6 nitrogen and oxygen atoms in total. The molecule has 19 heavy (non-hydrogen) atoms. The average molecular weight is 264 g/mol. The highest BCUT2D eigenvalue weighted by atomic mass is 16.4. The molecular formula is C13H16N2O4. The normalized spacial score (nSPS) is 15.5. The summed E-state index contributed by atoms with van der Waals surface area (Å²) in [6.45, 7) is 0.809. The Morgan fingerprint density at radius 2 is 2.00 bits per heavy atom. The van der Waals surface area contributed by atoms with Crippen molar-refractivity contribution >= 4 is 12.0 Å². The van der Waals surface area contributed by atoms with E-state index in [4.69, 9.17) is 10.2 Å². The molecule has 1 aliphatic rings. The summed E-state index contributed by atoms with van der Waals surface area (Å²) < 4.78 is 0. The van der Waals surface area contributed by atoms with Gasteiger partial charge in [-0.1, -0.05) is 24.3 Å². The number of carboxylic acids is 1. The van der Waals surface area contributed by atoms with E-state index in [1.807, 2.05) is 24.3 Å². The predicted molar refractivity (Wildman–Crippen MR) is 67.6 cm³/mol. The summed E-state index contributed by atoms with van der Waals surface area (Å²) in [5.41, 5.74) is 2.33. The minimum atomic E-state index is -1.57. The molecule has 0 aromatic heterocycles. The molecule has 0 unspecified atom stereocenters. The van der Waals surface area contributed by atoms with Crippen LogP contribution in [0.25, 0.3) is 0 Å². The van der Waals surface area contributed by atoms with E-state index < -0.39 is 12.1 Å². The van der Waals surface area contributed by atoms with Gasteiger partial charge in [0.15, 0.2) is 6.10 Å². The van der Waals surface area contributed by atoms with Gasteiger partial charge in [0.05, 0.1) is 6.54 Å². The second-order valence-electron chi connectivity index (χ2n) is 4.48. The lowest BCUT2D eigenvalue weighted by atomic mass is 10.0. The number of rotatable bonds is 3. The van der Waals surface area contributed by atoms with Crippen LogP contribution < -0.4 is 5.32 Å². The number of nitrogens with zero attached hydrogens (tertiary/aromatic N) is 1. The lowest BCUT2D eigenvalue weighted by molar-refractivity contribution is -0.146. The highest BCUT2D eigenvalue weighted by Gasteiger charge is 2.21. The van der Waals surface area contributed by atoms with Gasteiger partial charge in [0, 0.05) is 13.1 Å². The van der Waals surface area contributed by atoms with Crippen molar-refractivity contribution in [1.29, 1.82) is 0 Å². The highest BCUT2D eigenvalue weighted by molar-refractivity contribution is 5.77. The molecule has 0 fully saturated rings. The fourth-order valence-electron chi connectivity index (χ4n) is 2.05. The van der Waals surface area contributed by atoms with Crippen molar-refractivity contribution in [2.75, 3.05) is 13.1 Å². The van der Waals surface area contributed by atoms with Gasteiger partial charge < -0.3 is 20.4 Å². The molecule has 1 heterocycles. The number of amides is 2. The zero-order chi connectivity index (χ0) is 13.8. The Labute approximate surface area is 110 Å². The third kappa shape index (κ3) is 3.23. The second-order valence-corrected chi connectivity index (χ2v) is 4.48. The SMILES string of the molecule is O=C(O)[C@@H](O)CNC(=O)N1CCc2ccccc2C1. The van der Waals surface area contributed by atoms with Gasteiger partial charge in [-0.25, -0.2) is 9.59 Å². The van der Waals surface area contributed by atoms with E-state index in [1.165, 1.54) is 5.56 Å². The van der Waals surface area contributed by atoms with E-state index in [1.54, 1.807) is 4.90 Å². The summed E-state index contributed by atoms with van der Waals surface area (Å²) in [6, 6.07) is 7.56. The third-order valence-electron chi connectivity index (χ3n) is 3.15. The Balaban J connectivity index is 1.90. The molecule has 6 heteroatoms. The summed E-state index contributed by atoms with van der Waals surface area (Å²) in [4.78, 5) is 23.9. The molecule has 0 aliphatic carbocycles. The summed E-state index contributed by atoms with van der Waals surface area (Å²) in [5.74, 6) is -1.34. The Kier molecular flexibility index (Phi) is 4.01. The van der Waals surface area contributed by atoms with Crippen molar-refractivity contribution in [1.82, 2.24) is 10.2 Å². The van der Waals surface area contributed by atoms with Gasteiger partial charge in [-0.3, -0.25) is 0 Å². The van der Waals surface area contributed by atoms with Crippen LogP contribution in [0.15, 0.2) is 24.3 Å². The monoisotopic (exact) mass is 264 g/mol. The van der Waals surface area contributed by atoms with Crippen molar-refractivity contribution in [3.05, 3.63) is 35.4 Å². The number of aliphatic hydroxyl groups is 1. The van der Waals surface area contributed by atoms with Crippen LogP contribution in [0.1, 0.15) is 11.1 Å². The highest BCUT2D eigenvalue weighted by Crippen LogP contribution is 2.18. The van der Waals surface area contributed by atoms with Crippen molar-refractivity contribution in [2.45, 2.75) is 19.1 Å². The minimum Gasteiger partial charge on any atom is -0.479 e. The topological polar surface area (TPSA) is 89.9 Å². The van der Waals surface area contributed by atoms with Gasteiger partial charge in [-0.2, -0.15) is 0 Å². The molecule has 2 amide bonds. The molecule has 3 N–H and O–H groups in total. The summed E-state index contributed by atoms with van der Waals surface area (Å²) in [5, 5.41) is 20.0. The lowest BCUT2D eigenvalue weighted by Gasteiger charge is -2.29. The van der Waals surface area contributed by atoms with Gasteiger partial charge in [0.25, 0.3) is 0 Å². The second kappa shape index (κ2) is 5.71. The van der Waals surface area contributed by atoms with Crippen LogP contribution in [-0.2, 0) is 17.8 Å². The molecule has 1 aromatic rings. The molecule has 0 saturated carbocycles. The molecule has 0 radical (unpaired) electrons. The molecule has 0 saturated heterocycles. The Morgan fingerprint density at radius 1 is 1.32 bits per heavy atom. The van der Waals surface area contributed by atoms with E-state index in [2.05, 4.69) is 5.32 Å². The van der Waals surface area contributed by atoms with Crippen LogP contribution in [-0.4, -0.2) is 46.3 Å². The van der Waals surface area contributed by atoms with E-state index in [0.717, 1.165) is 12.0 Å². The summed E-state index contributed by atoms with van der Waals surface area (Å²) >= 11 is 0. The zero-order valence-corrected chi connectivity index (χ0v) is 10.4. The number of urea groups is 1. The number of fused-ring (bicyclic) bond motifs is 1. The largest absolute Gasteiger partial charge is 0.479 e. The van der Waals surface area contributed by atoms with Gasteiger partial charge in [-0.15, -0.1) is 0 Å². The molecule has 1 aromatic carbocycles. The number of aliphatic hydroxyl groups excluding tert-OH is 1. The number of carboxylic acid groups (broad SMARTS) is 1. The molecule has 0 spiro atoms. The molecule has 1 aliphatic heterocycles. The van der Waals surface area contributed by atoms with Crippen LogP contribution in [0.3, 0.4) is 0 Å². The summed E-state index contributed by atoms with van der Waals surface area (Å²) in [6.07, 6.45) is -0.786. The fraction of sp³-hybridized carbons (Fsp3) is 0.385. The van der Waals surface area contributed by atoms with E-state index >= 15 is 0 Å². The first-order chi connectivity index (χ1) is 9.08. The van der Waals surface area contributed by atoms with Crippen molar-refractivity contribution in [3.63, 3.8) is 0 Å². The van der Waals surface area contributed by atoms with Crippen LogP contribution in [0.2, 0.25) is 0 Å². The molecule has 1 atom stereocenters. The maximum Gasteiger partial charge on any atom is 0.334 e. The Bertz CT molecular complexity index is 489. The maximum absolute atomic E-state index is 11.8. The van der Waals surface area contributed by atoms with Crippen molar-refractivity contribution in [2.24, 2.45) is 0 Å². The smallest absolute Gasteiger partial charge is 0.334 e. The predicted octanol–water partition coefficient (Wildman–Crippen LogP) is 0.200. The molecular weight excluding hydrogens is 248 g/mol. The third-order valence-corrected chi connectivity index (χ3v) is 3.15. The quantitative estimate of drug-likeness (QED) is 0.727. The first-order valence-electron chi connectivity index (χ1n) is 6.08. The standard InChI is InChI=1S/C13H16N2O4/c16-11(12(17)18)7-14-13(19)15-6-5-9-3-1-2-4-10(9)8-15/h1-4,11,16H,5-8H2,(H,14,19)(H,17,18)/t11-/m0/s1. The average Bonchev–Trinajstić information content (AvgIpc) is 2.43. The number of aliphatic carboxylic acids is 1. The first-order valence-corrected chi connectivity index (χ1v) is 6.08. The van der Waals surface area contributed by atoms with Gasteiger partial charge in [0.2, 0.25) is 0 Å². The minimum absolute atomic E-state index is 0.285. The van der Waals surface area contributed by atoms with Crippen LogP contribution in [0, 0.1) is 0 Å². The Hall–Kier alpha value is -2.08. The van der Waals surface area contributed by atoms with Crippen molar-refractivity contribution in [3.8, 4) is 0 Å². The Morgan fingerprint density at radius 3 is 2.68 bits per heavy atom. The van der Waals surface area contributed by atoms with Crippen LogP contribution in [0.4, 0.5) is 4.79 Å². The van der Waals surface area contributed by atoms with E-state index in [-0.39, 0.29) is 12.6 Å². The zero-order valence-electron chi connectivity index (χ0n) is 10.4. The molecule has 2 rings (SSSR count). The molecule has 0 bridgehead atoms.